The third-order valence-corrected chi connectivity index (χ3v) is 20.8. The second-order valence-electron chi connectivity index (χ2n) is 32.5. The smallest absolute Gasteiger partial charge is 0.300 e. The number of nitrogens with zero attached hydrogens (tertiary/aromatic N) is 21. The Labute approximate surface area is 762 Å². The van der Waals surface area contributed by atoms with Crippen LogP contribution in [-0.4, -0.2) is 140 Å². The molecule has 662 valence electrons. The van der Waals surface area contributed by atoms with Gasteiger partial charge in [-0.1, -0.05) is 115 Å². The molecule has 0 atom stereocenters. The number of anilines is 6. The first-order valence-corrected chi connectivity index (χ1v) is 42.7. The molecule has 0 bridgehead atoms. The van der Waals surface area contributed by atoms with Gasteiger partial charge in [0.2, 0.25) is 29.6 Å². The summed E-state index contributed by atoms with van der Waals surface area (Å²) in [5.74, 6) is 8.44. The van der Waals surface area contributed by atoms with Crippen molar-refractivity contribution in [3.63, 3.8) is 0 Å². The van der Waals surface area contributed by atoms with Crippen molar-refractivity contribution in [2.45, 2.75) is 100 Å². The molecule has 31 nitrogen and oxygen atoms in total. The molecule has 132 heavy (non-hydrogen) atoms. The number of hydrogen-bond donors (Lipinski definition) is 5. The van der Waals surface area contributed by atoms with Crippen LogP contribution >= 0.6 is 0 Å². The third-order valence-electron chi connectivity index (χ3n) is 20.8. The van der Waals surface area contributed by atoms with E-state index in [1.54, 1.807) is 106 Å². The van der Waals surface area contributed by atoms with E-state index in [4.69, 9.17) is 15.0 Å². The van der Waals surface area contributed by atoms with Crippen molar-refractivity contribution in [1.82, 2.24) is 97.6 Å². The van der Waals surface area contributed by atoms with Crippen molar-refractivity contribution in [2.75, 3.05) is 44.6 Å². The molecular weight excluding hydrogens is 1660 g/mol. The average Bonchev–Trinajstić information content (AvgIpc) is 1.66. The van der Waals surface area contributed by atoms with Crippen LogP contribution in [0.25, 0.3) is 84.4 Å². The van der Waals surface area contributed by atoms with Crippen LogP contribution < -0.4 is 31.5 Å². The van der Waals surface area contributed by atoms with E-state index in [1.807, 2.05) is 132 Å². The Kier molecular flexibility index (Phi) is 29.4. The minimum absolute atomic E-state index is 0.144. The summed E-state index contributed by atoms with van der Waals surface area (Å²) in [6.45, 7) is 32.5. The van der Waals surface area contributed by atoms with Gasteiger partial charge < -0.3 is 31.5 Å². The van der Waals surface area contributed by atoms with Crippen molar-refractivity contribution in [1.29, 1.82) is 0 Å². The van der Waals surface area contributed by atoms with Gasteiger partial charge in [-0.05, 0) is 214 Å². The maximum atomic E-state index is 11.8. The van der Waals surface area contributed by atoms with E-state index in [0.29, 0.717) is 76.4 Å². The van der Waals surface area contributed by atoms with Crippen molar-refractivity contribution >= 4 is 119 Å². The molecule has 0 spiro atoms. The van der Waals surface area contributed by atoms with Gasteiger partial charge in [0.15, 0.2) is 23.3 Å². The minimum Gasteiger partial charge on any atom is -0.355 e. The zero-order valence-corrected chi connectivity index (χ0v) is 74.5. The molecule has 0 aliphatic carbocycles. The highest BCUT2D eigenvalue weighted by Gasteiger charge is 2.20. The van der Waals surface area contributed by atoms with E-state index in [1.165, 1.54) is 65.8 Å². The third kappa shape index (κ3) is 23.6. The molecule has 18 rings (SSSR count). The van der Waals surface area contributed by atoms with Gasteiger partial charge in [0.05, 0.1) is 103 Å². The molecule has 11 heterocycles. The van der Waals surface area contributed by atoms with Gasteiger partial charge in [-0.3, -0.25) is 66.7 Å². The summed E-state index contributed by atoms with van der Waals surface area (Å²) in [4.78, 5) is 128. The lowest BCUT2D eigenvalue weighted by Crippen LogP contribution is -2.30. The Bertz CT molecular complexity index is 7200. The van der Waals surface area contributed by atoms with Crippen LogP contribution in [0, 0.1) is 37.0 Å². The highest BCUT2D eigenvalue weighted by molar-refractivity contribution is 6.05. The lowest BCUT2D eigenvalue weighted by molar-refractivity contribution is -0.112. The number of imidazole rings is 5. The van der Waals surface area contributed by atoms with E-state index in [2.05, 4.69) is 202 Å². The molecule has 5 amide bonds. The maximum absolute atomic E-state index is 11.8. The van der Waals surface area contributed by atoms with E-state index in [-0.39, 0.29) is 35.0 Å². The van der Waals surface area contributed by atoms with Crippen molar-refractivity contribution in [3.8, 4) is 41.1 Å². The molecule has 5 N–H and O–H groups in total. The molecule has 1 aliphatic heterocycles. The summed E-state index contributed by atoms with van der Waals surface area (Å²) in [6, 6.07) is 46.1. The summed E-state index contributed by atoms with van der Waals surface area (Å²) in [5.41, 5.74) is 20.3. The second-order valence-corrected chi connectivity index (χ2v) is 32.5. The molecule has 1 saturated heterocycles. The van der Waals surface area contributed by atoms with Crippen LogP contribution in [0.5, 0.6) is 0 Å². The Morgan fingerprint density at radius 1 is 0.402 bits per heavy atom. The fourth-order valence-electron chi connectivity index (χ4n) is 14.5. The Morgan fingerprint density at radius 3 is 1.13 bits per heavy atom. The molecule has 1 fully saturated rings. The predicted molar refractivity (Wildman–Crippen MR) is 516 cm³/mol. The van der Waals surface area contributed by atoms with Crippen molar-refractivity contribution < 1.29 is 24.0 Å². The molecule has 10 aromatic heterocycles. The number of piperidine rings is 1. The number of carbonyl (C=O) groups excluding carboxylic acids is 5. The van der Waals surface area contributed by atoms with Crippen LogP contribution in [0.15, 0.2) is 284 Å². The van der Waals surface area contributed by atoms with Gasteiger partial charge in [-0.2, -0.15) is 0 Å². The first-order valence-electron chi connectivity index (χ1n) is 42.7. The number of fused-ring (bicyclic) bond motifs is 5. The summed E-state index contributed by atoms with van der Waals surface area (Å²) < 4.78 is 9.32. The molecule has 0 saturated carbocycles. The van der Waals surface area contributed by atoms with Gasteiger partial charge in [-0.15, -0.1) is 0 Å². The Hall–Kier alpha value is -17.0. The fraction of sp³-hybridized carbons (Fsp3) is 0.188. The summed E-state index contributed by atoms with van der Waals surface area (Å²) in [5, 5.41) is 13.8. The maximum Gasteiger partial charge on any atom is 0.300 e. The van der Waals surface area contributed by atoms with Crippen molar-refractivity contribution in [2.24, 2.45) is 11.3 Å². The number of carbonyl (C=O) groups is 5. The lowest BCUT2D eigenvalue weighted by atomic mass is 9.90. The topological polar surface area (TPSA) is 367 Å². The predicted octanol–water partition coefficient (Wildman–Crippen LogP) is 17.1. The largest absolute Gasteiger partial charge is 0.355 e. The standard InChI is InChI=1S/C23H19N5O.C22H19N5O.C19H20N6O.C19H21N5O.C18H19N5O/c1-3-6-23(29)27-18-9-10-20-21(12-18)28(15-25-20)22-14-24-13-19(26-22)11-17-8-5-4-7-16(17)2;1-3-22(28)26-17-8-9-19-20(11-17)27(14-24-19)21-13-23-12-18(25-21)10-16-7-5-4-6-15(16)2;1-2-19(26)22-14-6-7-15-16(10-14)25(13-21-15)18-12-20-11-17(23-18)24-8-4-3-5-9-24;1-5-17(25)22-13-6-7-15-16(10-13)24(12-21-15)18-20-9-8-14(23-18)11-19(2,3)4;1-4-18(24)22-13-5-6-15-16(8-13)23(11-20-15)17-10-19-9-14(21-17)7-12(2)3/h4-5,7-10,12-15H,11H2,1-2H3,(H,27,29);3-9,11-14H,1,10H2,2H3,(H,26,28);2,6-7,10-13H,1,3-5,8-9H2,(H,22,26);5-10,12H,1,11H2,2-4H3,(H,22,25);4-6,8-12H,1,7H2,2-3H3,(H,22,24). The van der Waals surface area contributed by atoms with E-state index in [0.717, 1.165) is 110 Å². The number of aryl methyl sites for hydroxylation is 2. The summed E-state index contributed by atoms with van der Waals surface area (Å²) in [6.07, 6.45) is 36.1. The highest BCUT2D eigenvalue weighted by Crippen LogP contribution is 2.30. The van der Waals surface area contributed by atoms with Crippen LogP contribution in [0.1, 0.15) is 106 Å². The second kappa shape index (κ2) is 42.5. The number of hydrogen-bond acceptors (Lipinski definition) is 21. The molecule has 17 aromatic rings. The highest BCUT2D eigenvalue weighted by atomic mass is 16.2. The van der Waals surface area contributed by atoms with Gasteiger partial charge in [-0.25, -0.2) is 54.8 Å². The van der Waals surface area contributed by atoms with E-state index >= 15 is 0 Å². The molecule has 1 aliphatic rings. The van der Waals surface area contributed by atoms with E-state index < -0.39 is 0 Å². The molecule has 7 aromatic carbocycles. The average molecular weight is 1760 g/mol. The van der Waals surface area contributed by atoms with Gasteiger partial charge in [0.1, 0.15) is 37.5 Å². The lowest BCUT2D eigenvalue weighted by Gasteiger charge is -2.27. The summed E-state index contributed by atoms with van der Waals surface area (Å²) >= 11 is 0. The molecular formula is C101H98N26O5. The number of benzene rings is 7. The van der Waals surface area contributed by atoms with Crippen molar-refractivity contribution in [3.05, 3.63) is 329 Å². The molecule has 0 unspecified atom stereocenters. The van der Waals surface area contributed by atoms with Gasteiger partial charge in [0.25, 0.3) is 5.91 Å². The molecule has 0 radical (unpaired) electrons. The first-order chi connectivity index (χ1) is 63.9. The first kappa shape index (κ1) is 91.2. The zero-order chi connectivity index (χ0) is 92.8. The number of rotatable bonds is 22. The van der Waals surface area contributed by atoms with Gasteiger partial charge >= 0.3 is 0 Å². The normalized spacial score (nSPS) is 11.6. The van der Waals surface area contributed by atoms with Crippen LogP contribution in [0.2, 0.25) is 0 Å². The number of nitrogens with one attached hydrogen (secondary N) is 5. The quantitative estimate of drug-likeness (QED) is 0.0311. The fourth-order valence-corrected chi connectivity index (χ4v) is 14.5. The summed E-state index contributed by atoms with van der Waals surface area (Å²) in [7, 11) is 0. The Balaban J connectivity index is 0.000000133. The zero-order valence-electron chi connectivity index (χ0n) is 74.5. The molecule has 31 heteroatoms. The van der Waals surface area contributed by atoms with Crippen LogP contribution in [0.4, 0.5) is 34.3 Å². The van der Waals surface area contributed by atoms with Crippen LogP contribution in [-0.2, 0) is 49.7 Å². The number of amides is 5. The minimum atomic E-state index is -0.349. The SMILES string of the molecule is C=CC(=O)Nc1ccc2ncn(-c3cncc(CC(C)C)n3)c2c1.C=CC(=O)Nc1ccc2ncn(-c3cncc(Cc4ccccc4C)n3)c2c1.C=CC(=O)Nc1ccc2ncn(-c3cncc(N4CCCCC4)n3)c2c1.C=CC(=O)Nc1ccc2ncn(-c3nccc(CC(C)(C)C)n3)c2c1.CC#CC(=O)Nc1ccc2ncn(-c3cncc(Cc4ccccc4C)n3)c2c1. The van der Waals surface area contributed by atoms with Gasteiger partial charge in [0, 0.05) is 84.8 Å². The monoisotopic (exact) mass is 1750 g/mol. The van der Waals surface area contributed by atoms with Crippen LogP contribution in [0.3, 0.4) is 0 Å². The number of aromatic nitrogens is 20. The van der Waals surface area contributed by atoms with E-state index in [9.17, 15) is 24.0 Å². The Morgan fingerprint density at radius 2 is 0.750 bits per heavy atom.